The van der Waals surface area contributed by atoms with E-state index >= 15 is 0 Å². The zero-order valence-corrected chi connectivity index (χ0v) is 28.3. The average molecular weight is 639 g/mol. The summed E-state index contributed by atoms with van der Waals surface area (Å²) in [6.07, 6.45) is 11.6. The van der Waals surface area contributed by atoms with E-state index in [2.05, 4.69) is 161 Å². The maximum absolute atomic E-state index is 4.30. The molecule has 0 bridgehead atoms. The molecular formula is C50H38. The van der Waals surface area contributed by atoms with E-state index in [9.17, 15) is 0 Å². The predicted octanol–water partition coefficient (Wildman–Crippen LogP) is 14.5. The van der Waals surface area contributed by atoms with Crippen molar-refractivity contribution in [3.63, 3.8) is 0 Å². The van der Waals surface area contributed by atoms with Crippen LogP contribution in [0.15, 0.2) is 161 Å². The van der Waals surface area contributed by atoms with Crippen molar-refractivity contribution in [3.8, 4) is 44.5 Å². The van der Waals surface area contributed by atoms with E-state index in [1.54, 1.807) is 0 Å². The molecule has 0 aliphatic rings. The maximum atomic E-state index is 4.30. The first-order valence-electron chi connectivity index (χ1n) is 16.8. The highest BCUT2D eigenvalue weighted by Crippen LogP contribution is 2.45. The van der Waals surface area contributed by atoms with Gasteiger partial charge in [-0.05, 0) is 105 Å². The molecule has 238 valence electrons. The highest BCUT2D eigenvalue weighted by atomic mass is 14.2. The molecule has 0 atom stereocenters. The van der Waals surface area contributed by atoms with Crippen molar-refractivity contribution in [1.29, 1.82) is 0 Å². The first-order chi connectivity index (χ1) is 24.6. The zero-order valence-electron chi connectivity index (χ0n) is 28.3. The first kappa shape index (κ1) is 32.1. The average Bonchev–Trinajstić information content (AvgIpc) is 3.18. The van der Waals surface area contributed by atoms with Gasteiger partial charge in [0.25, 0.3) is 0 Å². The quantitative estimate of drug-likeness (QED) is 0.140. The molecule has 0 heterocycles. The first-order valence-corrected chi connectivity index (χ1v) is 16.8. The molecule has 7 aromatic rings. The summed E-state index contributed by atoms with van der Waals surface area (Å²) in [4.78, 5) is 0. The van der Waals surface area contributed by atoms with Gasteiger partial charge in [0.2, 0.25) is 0 Å². The normalized spacial score (nSPS) is 10.9. The molecule has 0 aliphatic heterocycles. The zero-order chi connectivity index (χ0) is 34.8. The minimum atomic E-state index is 1.04. The Bertz CT molecular complexity index is 2520. The molecule has 50 heavy (non-hydrogen) atoms. The highest BCUT2D eigenvalue weighted by Gasteiger charge is 2.21. The van der Waals surface area contributed by atoms with Gasteiger partial charge in [0.15, 0.2) is 0 Å². The second-order valence-corrected chi connectivity index (χ2v) is 12.3. The van der Waals surface area contributed by atoms with Crippen molar-refractivity contribution >= 4 is 58.0 Å². The number of benzene rings is 7. The molecule has 0 spiro atoms. The molecular weight excluding hydrogens is 601 g/mol. The van der Waals surface area contributed by atoms with Crippen LogP contribution >= 0.6 is 0 Å². The molecule has 7 aromatic carbocycles. The van der Waals surface area contributed by atoms with Gasteiger partial charge in [-0.15, -0.1) is 0 Å². The molecule has 0 saturated heterocycles. The lowest BCUT2D eigenvalue weighted by atomic mass is 9.81. The van der Waals surface area contributed by atoms with Gasteiger partial charge < -0.3 is 0 Å². The molecule has 0 amide bonds. The van der Waals surface area contributed by atoms with Crippen LogP contribution in [0.2, 0.25) is 0 Å². The summed E-state index contributed by atoms with van der Waals surface area (Å²) in [5, 5.41) is 4.73. The van der Waals surface area contributed by atoms with Crippen LogP contribution in [0.25, 0.3) is 103 Å². The van der Waals surface area contributed by atoms with E-state index in [1.807, 2.05) is 36.5 Å². The molecule has 0 fully saturated rings. The van der Waals surface area contributed by atoms with Crippen LogP contribution in [0.5, 0.6) is 0 Å². The fourth-order valence-electron chi connectivity index (χ4n) is 7.46. The van der Waals surface area contributed by atoms with Crippen LogP contribution < -0.4 is 0 Å². The van der Waals surface area contributed by atoms with Crippen molar-refractivity contribution in [3.05, 3.63) is 194 Å². The van der Waals surface area contributed by atoms with E-state index in [-0.39, 0.29) is 0 Å². The Morgan fingerprint density at radius 2 is 0.840 bits per heavy atom. The smallest absolute Gasteiger partial charge is 0.00204 e. The third-order valence-electron chi connectivity index (χ3n) is 9.78. The van der Waals surface area contributed by atoms with Gasteiger partial charge >= 0.3 is 0 Å². The molecule has 0 radical (unpaired) electrons. The summed E-state index contributed by atoms with van der Waals surface area (Å²) >= 11 is 0. The topological polar surface area (TPSA) is 0 Å². The van der Waals surface area contributed by atoms with E-state index < -0.39 is 0 Å². The molecule has 7 rings (SSSR count). The van der Waals surface area contributed by atoms with E-state index in [4.69, 9.17) is 0 Å². The molecule has 0 unspecified atom stereocenters. The number of rotatable bonds is 10. The van der Waals surface area contributed by atoms with E-state index in [0.29, 0.717) is 0 Å². The Labute approximate surface area is 295 Å². The Balaban J connectivity index is 1.38. The summed E-state index contributed by atoms with van der Waals surface area (Å²) in [5.74, 6) is 0. The van der Waals surface area contributed by atoms with Gasteiger partial charge in [0.05, 0.1) is 0 Å². The largest absolute Gasteiger partial charge is 0.0984 e. The molecule has 0 aromatic heterocycles. The minimum Gasteiger partial charge on any atom is -0.0984 e. The second-order valence-electron chi connectivity index (χ2n) is 12.3. The van der Waals surface area contributed by atoms with Gasteiger partial charge in [0.1, 0.15) is 0 Å². The molecule has 0 saturated carbocycles. The van der Waals surface area contributed by atoms with Gasteiger partial charge in [-0.25, -0.2) is 0 Å². The highest BCUT2D eigenvalue weighted by molar-refractivity contribution is 6.12. The van der Waals surface area contributed by atoms with Crippen LogP contribution in [-0.2, 0) is 0 Å². The number of hydrogen-bond acceptors (Lipinski definition) is 0. The summed E-state index contributed by atoms with van der Waals surface area (Å²) in [6, 6.07) is 43.2. The van der Waals surface area contributed by atoms with Crippen LogP contribution in [0, 0.1) is 0 Å². The maximum Gasteiger partial charge on any atom is -0.00204 e. The van der Waals surface area contributed by atoms with E-state index in [0.717, 1.165) is 88.7 Å². The van der Waals surface area contributed by atoms with Crippen LogP contribution in [0.4, 0.5) is 0 Å². The van der Waals surface area contributed by atoms with Crippen LogP contribution in [0.3, 0.4) is 0 Å². The molecule has 0 N–H and O–H groups in total. The van der Waals surface area contributed by atoms with Crippen LogP contribution in [-0.4, -0.2) is 0 Å². The molecule has 0 nitrogen and oxygen atoms in total. The Morgan fingerprint density at radius 1 is 0.320 bits per heavy atom. The molecule has 0 aliphatic carbocycles. The Hall–Kier alpha value is -6.50. The summed E-state index contributed by atoms with van der Waals surface area (Å²) in [5.41, 5.74) is 15.3. The lowest BCUT2D eigenvalue weighted by Gasteiger charge is -2.22. The number of fused-ring (bicyclic) bond motifs is 2. The van der Waals surface area contributed by atoms with Crippen molar-refractivity contribution in [2.24, 2.45) is 0 Å². The summed E-state index contributed by atoms with van der Waals surface area (Å²) < 4.78 is 0. The van der Waals surface area contributed by atoms with Crippen LogP contribution in [0.1, 0.15) is 33.4 Å². The number of hydrogen-bond donors (Lipinski definition) is 0. The lowest BCUT2D eigenvalue weighted by Crippen LogP contribution is -1.98. The monoisotopic (exact) mass is 638 g/mol. The second kappa shape index (κ2) is 13.5. The van der Waals surface area contributed by atoms with Crippen molar-refractivity contribution in [2.75, 3.05) is 0 Å². The van der Waals surface area contributed by atoms with E-state index in [1.165, 1.54) is 10.8 Å². The SMILES string of the molecule is C=Cc1cccc(-c2c(C=C)c(C=C)c(-c3ccc(-c4ccc(-c5ccc6ccccc6c5)c(C=C)c4C=C)cc3)c3ccccc23)c1C=C. The molecule has 0 heteroatoms. The fourth-order valence-corrected chi connectivity index (χ4v) is 7.46. The van der Waals surface area contributed by atoms with Crippen molar-refractivity contribution < 1.29 is 0 Å². The third kappa shape index (κ3) is 5.28. The Morgan fingerprint density at radius 3 is 1.46 bits per heavy atom. The lowest BCUT2D eigenvalue weighted by molar-refractivity contribution is 1.54. The van der Waals surface area contributed by atoms with Gasteiger partial charge in [-0.1, -0.05) is 191 Å². The Kier molecular flexibility index (Phi) is 8.69. The van der Waals surface area contributed by atoms with Crippen molar-refractivity contribution in [1.82, 2.24) is 0 Å². The third-order valence-corrected chi connectivity index (χ3v) is 9.78. The minimum absolute atomic E-state index is 1.04. The summed E-state index contributed by atoms with van der Waals surface area (Å²) in [7, 11) is 0. The van der Waals surface area contributed by atoms with Crippen molar-refractivity contribution in [2.45, 2.75) is 0 Å². The van der Waals surface area contributed by atoms with Gasteiger partial charge in [-0.3, -0.25) is 0 Å². The van der Waals surface area contributed by atoms with Gasteiger partial charge in [-0.2, -0.15) is 0 Å². The fraction of sp³-hybridized carbons (Fsp3) is 0. The standard InChI is InChI=1S/C50H38/c1-7-33-20-17-23-46(39(33)8-2)50-43(12-6)42(11-5)49(47-21-15-16-22-48(47)50)36-27-25-35(26-28-36)44-30-31-45(41(10-4)40(44)9-3)38-29-24-34-18-13-14-19-37(34)32-38/h7-32H,1-6H2. The summed E-state index contributed by atoms with van der Waals surface area (Å²) in [6.45, 7) is 25.2. The van der Waals surface area contributed by atoms with Gasteiger partial charge in [0, 0.05) is 0 Å². The predicted molar refractivity (Wildman–Crippen MR) is 224 cm³/mol.